The van der Waals surface area contributed by atoms with Gasteiger partial charge in [-0.1, -0.05) is 42.5 Å². The number of carbonyl (C=O) groups excluding carboxylic acids is 3. The Morgan fingerprint density at radius 1 is 1.04 bits per heavy atom. The zero-order valence-electron chi connectivity index (χ0n) is 13.4. The standard InChI is InChI=1S/C19H17NO5/c21-17(25-16-10-11-24-19(16)23)12-20-18(22)15-8-6-14(7-9-15)13-4-2-1-3-5-13/h1-9,16H,10-12H2,(H,20,22). The Balaban J connectivity index is 1.53. The number of amides is 1. The van der Waals surface area contributed by atoms with Crippen LogP contribution < -0.4 is 5.32 Å². The maximum atomic E-state index is 12.1. The van der Waals surface area contributed by atoms with E-state index in [4.69, 9.17) is 9.47 Å². The number of cyclic esters (lactones) is 1. The lowest BCUT2D eigenvalue weighted by Gasteiger charge is -2.09. The van der Waals surface area contributed by atoms with Crippen LogP contribution in [-0.4, -0.2) is 37.1 Å². The van der Waals surface area contributed by atoms with Crippen molar-refractivity contribution in [2.75, 3.05) is 13.2 Å². The van der Waals surface area contributed by atoms with Crippen molar-refractivity contribution in [1.82, 2.24) is 5.32 Å². The predicted molar refractivity (Wildman–Crippen MR) is 89.7 cm³/mol. The molecule has 0 radical (unpaired) electrons. The first-order valence-corrected chi connectivity index (χ1v) is 7.93. The summed E-state index contributed by atoms with van der Waals surface area (Å²) in [5, 5.41) is 2.48. The van der Waals surface area contributed by atoms with Gasteiger partial charge in [-0.05, 0) is 23.3 Å². The number of benzene rings is 2. The number of ether oxygens (including phenoxy) is 2. The molecule has 2 aromatic carbocycles. The molecular formula is C19H17NO5. The van der Waals surface area contributed by atoms with Gasteiger partial charge in [-0.3, -0.25) is 9.59 Å². The van der Waals surface area contributed by atoms with Crippen molar-refractivity contribution in [3.05, 3.63) is 60.2 Å². The average molecular weight is 339 g/mol. The van der Waals surface area contributed by atoms with Crippen molar-refractivity contribution in [2.45, 2.75) is 12.5 Å². The van der Waals surface area contributed by atoms with Gasteiger partial charge in [0.1, 0.15) is 6.54 Å². The van der Waals surface area contributed by atoms with Gasteiger partial charge in [0, 0.05) is 12.0 Å². The fourth-order valence-electron chi connectivity index (χ4n) is 2.48. The molecule has 1 aliphatic heterocycles. The molecular weight excluding hydrogens is 322 g/mol. The summed E-state index contributed by atoms with van der Waals surface area (Å²) in [5.41, 5.74) is 2.49. The third kappa shape index (κ3) is 4.23. The molecule has 25 heavy (non-hydrogen) atoms. The van der Waals surface area contributed by atoms with E-state index in [1.165, 1.54) is 0 Å². The Morgan fingerprint density at radius 2 is 1.72 bits per heavy atom. The third-order valence-electron chi connectivity index (χ3n) is 3.81. The number of rotatable bonds is 5. The first-order valence-electron chi connectivity index (χ1n) is 7.93. The average Bonchev–Trinajstić information content (AvgIpc) is 3.05. The Morgan fingerprint density at radius 3 is 2.36 bits per heavy atom. The molecule has 1 saturated heterocycles. The van der Waals surface area contributed by atoms with Gasteiger partial charge in [0.25, 0.3) is 5.91 Å². The number of hydrogen-bond donors (Lipinski definition) is 1. The molecule has 1 amide bonds. The Bertz CT molecular complexity index is 770. The summed E-state index contributed by atoms with van der Waals surface area (Å²) in [7, 11) is 0. The van der Waals surface area contributed by atoms with Crippen molar-refractivity contribution in [3.63, 3.8) is 0 Å². The first kappa shape index (κ1) is 16.7. The van der Waals surface area contributed by atoms with E-state index in [-0.39, 0.29) is 19.1 Å². The van der Waals surface area contributed by atoms with E-state index in [9.17, 15) is 14.4 Å². The molecule has 128 valence electrons. The summed E-state index contributed by atoms with van der Waals surface area (Å²) < 4.78 is 9.66. The number of nitrogens with one attached hydrogen (secondary N) is 1. The van der Waals surface area contributed by atoms with Crippen molar-refractivity contribution in [3.8, 4) is 11.1 Å². The highest BCUT2D eigenvalue weighted by molar-refractivity contribution is 5.96. The Kier molecular flexibility index (Phi) is 5.09. The largest absolute Gasteiger partial charge is 0.463 e. The monoisotopic (exact) mass is 339 g/mol. The zero-order valence-corrected chi connectivity index (χ0v) is 13.4. The van der Waals surface area contributed by atoms with Gasteiger partial charge in [-0.15, -0.1) is 0 Å². The van der Waals surface area contributed by atoms with Crippen LogP contribution >= 0.6 is 0 Å². The smallest absolute Gasteiger partial charge is 0.347 e. The van der Waals surface area contributed by atoms with Crippen LogP contribution in [0.3, 0.4) is 0 Å². The van der Waals surface area contributed by atoms with Gasteiger partial charge in [0.2, 0.25) is 6.10 Å². The van der Waals surface area contributed by atoms with Crippen LogP contribution in [-0.2, 0) is 19.1 Å². The second-order valence-corrected chi connectivity index (χ2v) is 5.56. The molecule has 0 bridgehead atoms. The molecule has 1 atom stereocenters. The van der Waals surface area contributed by atoms with Crippen molar-refractivity contribution >= 4 is 17.8 Å². The molecule has 1 N–H and O–H groups in total. The van der Waals surface area contributed by atoms with Gasteiger partial charge >= 0.3 is 11.9 Å². The van der Waals surface area contributed by atoms with Crippen LogP contribution in [0, 0.1) is 0 Å². The highest BCUT2D eigenvalue weighted by atomic mass is 16.6. The van der Waals surface area contributed by atoms with Crippen molar-refractivity contribution in [1.29, 1.82) is 0 Å². The van der Waals surface area contributed by atoms with Crippen LogP contribution in [0.2, 0.25) is 0 Å². The first-order chi connectivity index (χ1) is 12.1. The molecule has 0 aromatic heterocycles. The van der Waals surface area contributed by atoms with Gasteiger partial charge in [-0.2, -0.15) is 0 Å². The second-order valence-electron chi connectivity index (χ2n) is 5.56. The van der Waals surface area contributed by atoms with Gasteiger partial charge < -0.3 is 14.8 Å². The van der Waals surface area contributed by atoms with Crippen LogP contribution in [0.4, 0.5) is 0 Å². The normalized spacial score (nSPS) is 16.2. The van der Waals surface area contributed by atoms with Crippen LogP contribution in [0.15, 0.2) is 54.6 Å². The lowest BCUT2D eigenvalue weighted by atomic mass is 10.0. The van der Waals surface area contributed by atoms with Crippen LogP contribution in [0.1, 0.15) is 16.8 Å². The molecule has 6 heteroatoms. The van der Waals surface area contributed by atoms with E-state index < -0.39 is 18.0 Å². The quantitative estimate of drug-likeness (QED) is 0.842. The highest BCUT2D eigenvalue weighted by Gasteiger charge is 2.30. The summed E-state index contributed by atoms with van der Waals surface area (Å²) in [6.07, 6.45) is -0.519. The fraction of sp³-hybridized carbons (Fsp3) is 0.211. The molecule has 1 heterocycles. The molecule has 3 rings (SSSR count). The van der Waals surface area contributed by atoms with Gasteiger partial charge in [0.15, 0.2) is 0 Å². The number of carbonyl (C=O) groups is 3. The molecule has 1 unspecified atom stereocenters. The molecule has 0 saturated carbocycles. The van der Waals surface area contributed by atoms with E-state index >= 15 is 0 Å². The van der Waals surface area contributed by atoms with E-state index in [2.05, 4.69) is 5.32 Å². The molecule has 0 spiro atoms. The number of esters is 2. The summed E-state index contributed by atoms with van der Waals surface area (Å²) in [6.45, 7) is -0.0556. The molecule has 6 nitrogen and oxygen atoms in total. The predicted octanol–water partition coefficient (Wildman–Crippen LogP) is 1.94. The minimum absolute atomic E-state index is 0.247. The zero-order chi connectivity index (χ0) is 17.6. The molecule has 0 aliphatic carbocycles. The summed E-state index contributed by atoms with van der Waals surface area (Å²) >= 11 is 0. The highest BCUT2D eigenvalue weighted by Crippen LogP contribution is 2.19. The fourth-order valence-corrected chi connectivity index (χ4v) is 2.48. The maximum absolute atomic E-state index is 12.1. The van der Waals surface area contributed by atoms with Crippen molar-refractivity contribution < 1.29 is 23.9 Å². The van der Waals surface area contributed by atoms with E-state index in [1.807, 2.05) is 42.5 Å². The van der Waals surface area contributed by atoms with E-state index in [0.717, 1.165) is 11.1 Å². The molecule has 1 fully saturated rings. The van der Waals surface area contributed by atoms with Crippen LogP contribution in [0.5, 0.6) is 0 Å². The topological polar surface area (TPSA) is 81.7 Å². The summed E-state index contributed by atoms with van der Waals surface area (Å²) in [5.74, 6) is -1.60. The minimum Gasteiger partial charge on any atom is -0.463 e. The minimum atomic E-state index is -0.866. The van der Waals surface area contributed by atoms with Gasteiger partial charge in [-0.25, -0.2) is 4.79 Å². The number of hydrogen-bond acceptors (Lipinski definition) is 5. The van der Waals surface area contributed by atoms with E-state index in [0.29, 0.717) is 12.0 Å². The Labute approximate surface area is 144 Å². The van der Waals surface area contributed by atoms with E-state index in [1.54, 1.807) is 12.1 Å². The van der Waals surface area contributed by atoms with Gasteiger partial charge in [0.05, 0.1) is 6.61 Å². The lowest BCUT2D eigenvalue weighted by molar-refractivity contribution is -0.159. The summed E-state index contributed by atoms with van der Waals surface area (Å²) in [6, 6.07) is 16.9. The SMILES string of the molecule is O=C(CNC(=O)c1ccc(-c2ccccc2)cc1)OC1CCOC1=O. The maximum Gasteiger partial charge on any atom is 0.347 e. The lowest BCUT2D eigenvalue weighted by Crippen LogP contribution is -2.33. The molecule has 1 aliphatic rings. The second kappa shape index (κ2) is 7.61. The van der Waals surface area contributed by atoms with Crippen LogP contribution in [0.25, 0.3) is 11.1 Å². The summed E-state index contributed by atoms with van der Waals surface area (Å²) in [4.78, 5) is 35.0. The van der Waals surface area contributed by atoms with Crippen molar-refractivity contribution in [2.24, 2.45) is 0 Å². The third-order valence-corrected chi connectivity index (χ3v) is 3.81. The Hall–Kier alpha value is -3.15. The molecule has 2 aromatic rings.